The molecule has 19 heavy (non-hydrogen) atoms. The maximum Gasteiger partial charge on any atom is 0.0205 e. The molecule has 2 heteroatoms. The zero-order valence-corrected chi connectivity index (χ0v) is 12.1. The lowest BCUT2D eigenvalue weighted by Gasteiger charge is -2.29. The fraction of sp³-hybridized carbons (Fsp3) is 0.647. The monoisotopic (exact) mass is 258 g/mol. The molecule has 1 aliphatic carbocycles. The van der Waals surface area contributed by atoms with E-state index in [9.17, 15) is 0 Å². The van der Waals surface area contributed by atoms with Gasteiger partial charge in [0.25, 0.3) is 0 Å². The van der Waals surface area contributed by atoms with Gasteiger partial charge in [0, 0.05) is 13.1 Å². The van der Waals surface area contributed by atoms with E-state index in [1.807, 2.05) is 0 Å². The van der Waals surface area contributed by atoms with Gasteiger partial charge >= 0.3 is 0 Å². The van der Waals surface area contributed by atoms with E-state index in [2.05, 4.69) is 41.5 Å². The summed E-state index contributed by atoms with van der Waals surface area (Å²) in [4.78, 5) is 2.46. The second-order valence-electron chi connectivity index (χ2n) is 6.42. The minimum absolute atomic E-state index is 0.838. The van der Waals surface area contributed by atoms with E-state index in [0.717, 1.165) is 24.9 Å². The van der Waals surface area contributed by atoms with Gasteiger partial charge in [0.1, 0.15) is 0 Å². The Labute approximate surface area is 117 Å². The Bertz CT molecular complexity index is 411. The molecule has 1 N–H and O–H groups in total. The van der Waals surface area contributed by atoms with Crippen molar-refractivity contribution in [1.82, 2.24) is 10.2 Å². The Hall–Kier alpha value is -0.860. The minimum atomic E-state index is 0.838. The van der Waals surface area contributed by atoms with E-state index in [-0.39, 0.29) is 0 Å². The van der Waals surface area contributed by atoms with Gasteiger partial charge in [-0.1, -0.05) is 24.3 Å². The van der Waals surface area contributed by atoms with Gasteiger partial charge in [-0.2, -0.15) is 0 Å². The molecule has 1 unspecified atom stereocenters. The summed E-state index contributed by atoms with van der Waals surface area (Å²) in [5.41, 5.74) is 3.00. The number of nitrogens with zero attached hydrogens (tertiary/aromatic N) is 1. The second kappa shape index (κ2) is 6.06. The Morgan fingerprint density at radius 2 is 2.16 bits per heavy atom. The van der Waals surface area contributed by atoms with Crippen LogP contribution in [0.5, 0.6) is 0 Å². The van der Waals surface area contributed by atoms with Crippen LogP contribution in [0.4, 0.5) is 0 Å². The summed E-state index contributed by atoms with van der Waals surface area (Å²) in [6.07, 6.45) is 5.54. The summed E-state index contributed by atoms with van der Waals surface area (Å²) < 4.78 is 0. The Morgan fingerprint density at radius 1 is 1.26 bits per heavy atom. The molecule has 1 aromatic rings. The number of rotatable bonds is 5. The predicted molar refractivity (Wildman–Crippen MR) is 80.3 cm³/mol. The molecule has 0 spiro atoms. The van der Waals surface area contributed by atoms with Crippen molar-refractivity contribution in [3.05, 3.63) is 35.4 Å². The zero-order valence-electron chi connectivity index (χ0n) is 12.1. The number of nitrogens with one attached hydrogen (secondary N) is 1. The molecule has 1 heterocycles. The lowest BCUT2D eigenvalue weighted by molar-refractivity contribution is 0.206. The van der Waals surface area contributed by atoms with Crippen LogP contribution in [-0.4, -0.2) is 31.6 Å². The van der Waals surface area contributed by atoms with Gasteiger partial charge in [-0.25, -0.2) is 0 Å². The molecular weight excluding hydrogens is 232 g/mol. The summed E-state index contributed by atoms with van der Waals surface area (Å²) in [5, 5.41) is 3.65. The van der Waals surface area contributed by atoms with E-state index in [0.29, 0.717) is 0 Å². The van der Waals surface area contributed by atoms with Crippen molar-refractivity contribution in [2.45, 2.75) is 38.1 Å². The molecule has 2 nitrogen and oxygen atoms in total. The molecule has 0 aromatic heterocycles. The molecule has 1 saturated carbocycles. The van der Waals surface area contributed by atoms with Gasteiger partial charge in [0.05, 0.1) is 0 Å². The topological polar surface area (TPSA) is 15.3 Å². The van der Waals surface area contributed by atoms with E-state index in [4.69, 9.17) is 0 Å². The Kier molecular flexibility index (Phi) is 4.19. The largest absolute Gasteiger partial charge is 0.312 e. The fourth-order valence-corrected chi connectivity index (χ4v) is 3.23. The van der Waals surface area contributed by atoms with Gasteiger partial charge in [0.2, 0.25) is 0 Å². The summed E-state index contributed by atoms with van der Waals surface area (Å²) in [5.74, 6) is 1.71. The molecule has 1 aromatic carbocycles. The average Bonchev–Trinajstić information content (AvgIpc) is 3.23. The molecule has 1 atom stereocenters. The van der Waals surface area contributed by atoms with Gasteiger partial charge in [-0.15, -0.1) is 0 Å². The highest BCUT2D eigenvalue weighted by Gasteiger charge is 2.23. The van der Waals surface area contributed by atoms with E-state index in [1.165, 1.54) is 44.3 Å². The van der Waals surface area contributed by atoms with E-state index >= 15 is 0 Å². The number of hydrogen-bond acceptors (Lipinski definition) is 2. The van der Waals surface area contributed by atoms with Gasteiger partial charge in [-0.3, -0.25) is 0 Å². The third-order valence-electron chi connectivity index (χ3n) is 4.48. The van der Waals surface area contributed by atoms with Crippen LogP contribution in [-0.2, 0) is 6.54 Å². The molecule has 104 valence electrons. The maximum atomic E-state index is 3.65. The molecule has 1 aliphatic heterocycles. The van der Waals surface area contributed by atoms with Crippen molar-refractivity contribution in [3.8, 4) is 0 Å². The van der Waals surface area contributed by atoms with Crippen LogP contribution in [0.2, 0.25) is 0 Å². The van der Waals surface area contributed by atoms with Gasteiger partial charge < -0.3 is 10.2 Å². The lowest BCUT2D eigenvalue weighted by Crippen LogP contribution is -2.37. The van der Waals surface area contributed by atoms with Crippen LogP contribution in [0.1, 0.15) is 42.7 Å². The molecule has 1 saturated heterocycles. The van der Waals surface area contributed by atoms with Crippen LogP contribution >= 0.6 is 0 Å². The van der Waals surface area contributed by atoms with Crippen LogP contribution in [0.25, 0.3) is 0 Å². The quantitative estimate of drug-likeness (QED) is 0.873. The summed E-state index contributed by atoms with van der Waals surface area (Å²) in [7, 11) is 2.24. The molecule has 0 radical (unpaired) electrons. The van der Waals surface area contributed by atoms with Gasteiger partial charge in [-0.05, 0) is 68.8 Å². The van der Waals surface area contributed by atoms with Crippen LogP contribution in [0, 0.1) is 5.92 Å². The number of likely N-dealkylation sites (tertiary alicyclic amines) is 1. The standard InChI is InChI=1S/C17H26N2/c1-19-9-3-5-15(13-19)12-18-11-14-4-2-6-17(10-14)16-7-8-16/h2,4,6,10,15-16,18H,3,5,7-9,11-13H2,1H3. The predicted octanol–water partition coefficient (Wildman–Crippen LogP) is 3.00. The Morgan fingerprint density at radius 3 is 2.95 bits per heavy atom. The highest BCUT2D eigenvalue weighted by Crippen LogP contribution is 2.40. The SMILES string of the molecule is CN1CCCC(CNCc2cccc(C3CC3)c2)C1. The average molecular weight is 258 g/mol. The van der Waals surface area contributed by atoms with E-state index < -0.39 is 0 Å². The summed E-state index contributed by atoms with van der Waals surface area (Å²) in [6, 6.07) is 9.17. The first kappa shape index (κ1) is 13.1. The molecule has 2 aliphatic rings. The number of hydrogen-bond donors (Lipinski definition) is 1. The fourth-order valence-electron chi connectivity index (χ4n) is 3.23. The molecule has 2 fully saturated rings. The van der Waals surface area contributed by atoms with Crippen molar-refractivity contribution in [2.24, 2.45) is 5.92 Å². The zero-order chi connectivity index (χ0) is 13.1. The Balaban J connectivity index is 1.45. The van der Waals surface area contributed by atoms with Crippen molar-refractivity contribution in [3.63, 3.8) is 0 Å². The number of benzene rings is 1. The van der Waals surface area contributed by atoms with Gasteiger partial charge in [0.15, 0.2) is 0 Å². The molecular formula is C17H26N2. The smallest absolute Gasteiger partial charge is 0.0205 e. The third-order valence-corrected chi connectivity index (χ3v) is 4.48. The lowest BCUT2D eigenvalue weighted by atomic mass is 9.98. The maximum absolute atomic E-state index is 3.65. The van der Waals surface area contributed by atoms with Crippen LogP contribution < -0.4 is 5.32 Å². The minimum Gasteiger partial charge on any atom is -0.312 e. The summed E-state index contributed by atoms with van der Waals surface area (Å²) >= 11 is 0. The third kappa shape index (κ3) is 3.80. The summed E-state index contributed by atoms with van der Waals surface area (Å²) in [6.45, 7) is 4.73. The number of piperidine rings is 1. The highest BCUT2D eigenvalue weighted by atomic mass is 15.1. The van der Waals surface area contributed by atoms with Crippen LogP contribution in [0.15, 0.2) is 24.3 Å². The first-order valence-corrected chi connectivity index (χ1v) is 7.79. The van der Waals surface area contributed by atoms with Crippen LogP contribution in [0.3, 0.4) is 0 Å². The van der Waals surface area contributed by atoms with Crippen molar-refractivity contribution in [1.29, 1.82) is 0 Å². The first-order valence-electron chi connectivity index (χ1n) is 7.79. The first-order chi connectivity index (χ1) is 9.31. The van der Waals surface area contributed by atoms with Crippen molar-refractivity contribution < 1.29 is 0 Å². The second-order valence-corrected chi connectivity index (χ2v) is 6.42. The molecule has 0 amide bonds. The highest BCUT2D eigenvalue weighted by molar-refractivity contribution is 5.29. The van der Waals surface area contributed by atoms with Crippen molar-refractivity contribution in [2.75, 3.05) is 26.7 Å². The van der Waals surface area contributed by atoms with E-state index in [1.54, 1.807) is 5.56 Å². The normalized spacial score (nSPS) is 24.6. The molecule has 0 bridgehead atoms. The molecule has 3 rings (SSSR count). The van der Waals surface area contributed by atoms with Crippen molar-refractivity contribution >= 4 is 0 Å².